The van der Waals surface area contributed by atoms with Gasteiger partial charge < -0.3 is 20.4 Å². The molecular formula is C2H6O4S. The van der Waals surface area contributed by atoms with Crippen LogP contribution < -0.4 is 0 Å². The highest BCUT2D eigenvalue weighted by molar-refractivity contribution is 7.99. The molecule has 0 aliphatic rings. The van der Waals surface area contributed by atoms with Crippen molar-refractivity contribution in [2.45, 2.75) is 11.2 Å². The van der Waals surface area contributed by atoms with Crippen LogP contribution in [0.3, 0.4) is 0 Å². The molecule has 4 N–H and O–H groups in total. The molecule has 0 aliphatic heterocycles. The van der Waals surface area contributed by atoms with Crippen LogP contribution in [0.4, 0.5) is 0 Å². The summed E-state index contributed by atoms with van der Waals surface area (Å²) in [5.41, 5.74) is -3.42. The van der Waals surface area contributed by atoms with Crippen molar-refractivity contribution in [2.24, 2.45) is 0 Å². The molecule has 0 atom stereocenters. The Bertz CT molecular complexity index is 39.0. The van der Waals surface area contributed by atoms with Crippen LogP contribution in [0.15, 0.2) is 0 Å². The van der Waals surface area contributed by atoms with Crippen LogP contribution in [-0.4, -0.2) is 31.7 Å². The van der Waals surface area contributed by atoms with Gasteiger partial charge in [0.1, 0.15) is 0 Å². The third-order valence-electron chi connectivity index (χ3n) is 0.243. The molecule has 0 unspecified atom stereocenters. The van der Waals surface area contributed by atoms with Gasteiger partial charge in [0.05, 0.1) is 0 Å². The van der Waals surface area contributed by atoms with Gasteiger partial charge in [0.25, 0.3) is 0 Å². The van der Waals surface area contributed by atoms with Crippen LogP contribution in [0.1, 0.15) is 0 Å². The maximum Gasteiger partial charge on any atom is 0.206 e. The van der Waals surface area contributed by atoms with Gasteiger partial charge in [0.15, 0.2) is 0 Å². The van der Waals surface area contributed by atoms with Gasteiger partial charge in [-0.25, -0.2) is 0 Å². The molecule has 0 fully saturated rings. The van der Waals surface area contributed by atoms with Gasteiger partial charge in [0.2, 0.25) is 11.2 Å². The summed E-state index contributed by atoms with van der Waals surface area (Å²) in [5.74, 6) is 0. The Labute approximate surface area is 44.4 Å². The summed E-state index contributed by atoms with van der Waals surface area (Å²) in [7, 11) is 0. The van der Waals surface area contributed by atoms with E-state index < -0.39 is 11.2 Å². The van der Waals surface area contributed by atoms with E-state index in [9.17, 15) is 0 Å². The van der Waals surface area contributed by atoms with Crippen molar-refractivity contribution in [1.29, 1.82) is 0 Å². The normalized spacial score (nSPS) is 11.1. The second-order valence-electron chi connectivity index (χ2n) is 0.789. The molecule has 0 aromatic heterocycles. The Hall–Kier alpha value is 0.190. The second-order valence-corrected chi connectivity index (χ2v) is 1.90. The molecule has 0 aliphatic carbocycles. The molecule has 0 rings (SSSR count). The van der Waals surface area contributed by atoms with E-state index >= 15 is 0 Å². The fraction of sp³-hybridized carbons (Fsp3) is 1.00. The highest BCUT2D eigenvalue weighted by Gasteiger charge is 2.02. The molecule has 7 heavy (non-hydrogen) atoms. The lowest BCUT2D eigenvalue weighted by molar-refractivity contribution is 0.0115. The third-order valence-corrected chi connectivity index (χ3v) is 0.730. The van der Waals surface area contributed by atoms with Crippen molar-refractivity contribution in [3.63, 3.8) is 0 Å². The molecule has 44 valence electrons. The lowest BCUT2D eigenvalue weighted by atomic mass is 11.5. The van der Waals surface area contributed by atoms with E-state index in [1.165, 1.54) is 0 Å². The van der Waals surface area contributed by atoms with Crippen LogP contribution in [0.5, 0.6) is 0 Å². The largest absolute Gasteiger partial charge is 0.360 e. The summed E-state index contributed by atoms with van der Waals surface area (Å²) >= 11 is 0.231. The molecule has 0 saturated carbocycles. The van der Waals surface area contributed by atoms with E-state index in [1.807, 2.05) is 0 Å². The Morgan fingerprint density at radius 3 is 1.14 bits per heavy atom. The number of aliphatic hydroxyl groups is 4. The number of thioether (sulfide) groups is 1. The summed E-state index contributed by atoms with van der Waals surface area (Å²) < 4.78 is 0. The number of hydrogen-bond acceptors (Lipinski definition) is 5. The van der Waals surface area contributed by atoms with Gasteiger partial charge in [-0.1, -0.05) is 0 Å². The molecule has 0 aromatic carbocycles. The van der Waals surface area contributed by atoms with E-state index in [-0.39, 0.29) is 11.8 Å². The van der Waals surface area contributed by atoms with Gasteiger partial charge >= 0.3 is 0 Å². The van der Waals surface area contributed by atoms with E-state index in [1.54, 1.807) is 0 Å². The first-order chi connectivity index (χ1) is 3.13. The molecule has 5 heteroatoms. The Kier molecular flexibility index (Phi) is 3.31. The summed E-state index contributed by atoms with van der Waals surface area (Å²) in [4.78, 5) is 0. The Balaban J connectivity index is 2.95. The fourth-order valence-corrected chi connectivity index (χ4v) is 0.327. The van der Waals surface area contributed by atoms with Crippen LogP contribution in [0, 0.1) is 0 Å². The standard InChI is InChI=1S/C2H6O4S/c3-1(4)7-2(5)6/h1-6H. The van der Waals surface area contributed by atoms with Gasteiger partial charge in [-0.2, -0.15) is 0 Å². The molecule has 0 amide bonds. The zero-order valence-corrected chi connectivity index (χ0v) is 4.17. The quantitative estimate of drug-likeness (QED) is 0.330. The minimum Gasteiger partial charge on any atom is -0.360 e. The highest BCUT2D eigenvalue weighted by Crippen LogP contribution is 2.06. The van der Waals surface area contributed by atoms with Crippen molar-refractivity contribution in [2.75, 3.05) is 0 Å². The first kappa shape index (κ1) is 7.19. The molecule has 0 bridgehead atoms. The Morgan fingerprint density at radius 1 is 0.857 bits per heavy atom. The molecule has 0 aromatic rings. The molecule has 0 radical (unpaired) electrons. The van der Waals surface area contributed by atoms with Crippen LogP contribution >= 0.6 is 11.8 Å². The van der Waals surface area contributed by atoms with E-state index in [0.717, 1.165) is 0 Å². The van der Waals surface area contributed by atoms with Gasteiger partial charge in [0, 0.05) is 0 Å². The minimum atomic E-state index is -1.71. The third kappa shape index (κ3) is 6.19. The number of rotatable bonds is 2. The predicted octanol–water partition coefficient (Wildman–Crippen LogP) is -1.74. The molecular weight excluding hydrogens is 120 g/mol. The van der Waals surface area contributed by atoms with Gasteiger partial charge in [-0.05, 0) is 11.8 Å². The summed E-state index contributed by atoms with van der Waals surface area (Å²) in [6.07, 6.45) is 0. The smallest absolute Gasteiger partial charge is 0.206 e. The monoisotopic (exact) mass is 126 g/mol. The zero-order chi connectivity index (χ0) is 5.86. The number of hydrogen-bond donors (Lipinski definition) is 4. The number of aliphatic hydroxyl groups excluding tert-OH is 2. The maximum absolute atomic E-state index is 7.92. The van der Waals surface area contributed by atoms with Crippen LogP contribution in [-0.2, 0) is 0 Å². The first-order valence-corrected chi connectivity index (χ1v) is 2.45. The van der Waals surface area contributed by atoms with E-state index in [2.05, 4.69) is 0 Å². The fourth-order valence-electron chi connectivity index (χ4n) is 0.109. The lowest BCUT2D eigenvalue weighted by Gasteiger charge is -2.01. The van der Waals surface area contributed by atoms with Gasteiger partial charge in [-0.15, -0.1) is 0 Å². The van der Waals surface area contributed by atoms with E-state index in [4.69, 9.17) is 20.4 Å². The van der Waals surface area contributed by atoms with Gasteiger partial charge in [-0.3, -0.25) is 0 Å². The van der Waals surface area contributed by atoms with Crippen LogP contribution in [0.25, 0.3) is 0 Å². The highest BCUT2D eigenvalue weighted by atomic mass is 32.2. The van der Waals surface area contributed by atoms with Crippen molar-refractivity contribution in [1.82, 2.24) is 0 Å². The second kappa shape index (κ2) is 3.23. The summed E-state index contributed by atoms with van der Waals surface area (Å²) in [6.45, 7) is 0. The minimum absolute atomic E-state index is 0.231. The topological polar surface area (TPSA) is 80.9 Å². The van der Waals surface area contributed by atoms with E-state index in [0.29, 0.717) is 0 Å². The van der Waals surface area contributed by atoms with Crippen LogP contribution in [0.2, 0.25) is 0 Å². The Morgan fingerprint density at radius 2 is 1.14 bits per heavy atom. The average molecular weight is 126 g/mol. The lowest BCUT2D eigenvalue weighted by Crippen LogP contribution is -2.07. The van der Waals surface area contributed by atoms with Crippen molar-refractivity contribution in [3.05, 3.63) is 0 Å². The van der Waals surface area contributed by atoms with Crippen molar-refractivity contribution >= 4 is 11.8 Å². The van der Waals surface area contributed by atoms with Crippen molar-refractivity contribution < 1.29 is 20.4 Å². The molecule has 0 saturated heterocycles. The predicted molar refractivity (Wildman–Crippen MR) is 24.0 cm³/mol. The summed E-state index contributed by atoms with van der Waals surface area (Å²) in [5, 5.41) is 31.7. The molecule has 4 nitrogen and oxygen atoms in total. The molecule has 0 heterocycles. The average Bonchev–Trinajstić information content (AvgIpc) is 1.27. The first-order valence-electron chi connectivity index (χ1n) is 1.50. The maximum atomic E-state index is 7.92. The zero-order valence-electron chi connectivity index (χ0n) is 3.35. The summed E-state index contributed by atoms with van der Waals surface area (Å²) in [6, 6.07) is 0. The van der Waals surface area contributed by atoms with Crippen molar-refractivity contribution in [3.8, 4) is 0 Å². The molecule has 0 spiro atoms. The SMILES string of the molecule is OC(O)SC(O)O.